The standard InChI is InChI=1S/C22H25FN2O5S/c1-22(2,3)30-21(27)24-10-12-25(13-11-24)31(28,29)19-8-5-16(6-9-19)20-14-18(23)7-4-17(20)15-26/h4-9,14-15H,10-13H2,1-3H3. The molecule has 7 nitrogen and oxygen atoms in total. The zero-order valence-corrected chi connectivity index (χ0v) is 18.5. The van der Waals surface area contributed by atoms with E-state index in [2.05, 4.69) is 0 Å². The van der Waals surface area contributed by atoms with Crippen molar-refractivity contribution in [3.05, 3.63) is 53.8 Å². The fraction of sp³-hybridized carbons (Fsp3) is 0.364. The summed E-state index contributed by atoms with van der Waals surface area (Å²) in [6, 6.07) is 9.78. The molecule has 0 spiro atoms. The summed E-state index contributed by atoms with van der Waals surface area (Å²) in [6.07, 6.45) is 0.166. The Kier molecular flexibility index (Phi) is 6.47. The van der Waals surface area contributed by atoms with Crippen molar-refractivity contribution in [3.8, 4) is 11.1 Å². The van der Waals surface area contributed by atoms with Gasteiger partial charge in [0.25, 0.3) is 0 Å². The molecule has 3 rings (SSSR count). The molecule has 31 heavy (non-hydrogen) atoms. The van der Waals surface area contributed by atoms with Crippen LogP contribution in [0.3, 0.4) is 0 Å². The fourth-order valence-electron chi connectivity index (χ4n) is 3.27. The van der Waals surface area contributed by atoms with E-state index in [0.717, 1.165) is 0 Å². The van der Waals surface area contributed by atoms with E-state index >= 15 is 0 Å². The number of carbonyl (C=O) groups excluding carboxylic acids is 2. The second-order valence-electron chi connectivity index (χ2n) is 8.25. The molecule has 0 atom stereocenters. The van der Waals surface area contributed by atoms with Gasteiger partial charge in [-0.3, -0.25) is 4.79 Å². The number of rotatable bonds is 4. The van der Waals surface area contributed by atoms with Crippen LogP contribution in [0.25, 0.3) is 11.1 Å². The highest BCUT2D eigenvalue weighted by Crippen LogP contribution is 2.26. The molecule has 1 amide bonds. The Morgan fingerprint density at radius 2 is 1.65 bits per heavy atom. The summed E-state index contributed by atoms with van der Waals surface area (Å²) < 4.78 is 46.2. The minimum absolute atomic E-state index is 0.0889. The first-order valence-corrected chi connectivity index (χ1v) is 11.3. The van der Waals surface area contributed by atoms with Crippen molar-refractivity contribution in [1.82, 2.24) is 9.21 Å². The highest BCUT2D eigenvalue weighted by Gasteiger charge is 2.32. The van der Waals surface area contributed by atoms with Crippen LogP contribution in [0.5, 0.6) is 0 Å². The molecule has 1 fully saturated rings. The van der Waals surface area contributed by atoms with E-state index in [0.29, 0.717) is 23.0 Å². The van der Waals surface area contributed by atoms with Crippen LogP contribution in [-0.4, -0.2) is 61.8 Å². The molecule has 166 valence electrons. The van der Waals surface area contributed by atoms with Gasteiger partial charge in [-0.1, -0.05) is 12.1 Å². The second kappa shape index (κ2) is 8.76. The van der Waals surface area contributed by atoms with Crippen molar-refractivity contribution in [2.75, 3.05) is 26.2 Å². The molecule has 1 aliphatic rings. The van der Waals surface area contributed by atoms with Gasteiger partial charge in [0.05, 0.1) is 4.90 Å². The van der Waals surface area contributed by atoms with Crippen LogP contribution < -0.4 is 0 Å². The smallest absolute Gasteiger partial charge is 0.410 e. The molecule has 0 bridgehead atoms. The molecule has 0 aliphatic carbocycles. The summed E-state index contributed by atoms with van der Waals surface area (Å²) in [5, 5.41) is 0. The molecule has 1 saturated heterocycles. The van der Waals surface area contributed by atoms with Crippen molar-refractivity contribution in [1.29, 1.82) is 0 Å². The number of carbonyl (C=O) groups is 2. The van der Waals surface area contributed by atoms with Crippen molar-refractivity contribution in [2.24, 2.45) is 0 Å². The maximum Gasteiger partial charge on any atom is 0.410 e. The molecule has 0 saturated carbocycles. The summed E-state index contributed by atoms with van der Waals surface area (Å²) in [5.74, 6) is -0.486. The predicted molar refractivity (Wildman–Crippen MR) is 114 cm³/mol. The number of halogens is 1. The van der Waals surface area contributed by atoms with Crippen molar-refractivity contribution in [3.63, 3.8) is 0 Å². The molecule has 0 radical (unpaired) electrons. The number of aldehydes is 1. The number of amides is 1. The van der Waals surface area contributed by atoms with Gasteiger partial charge >= 0.3 is 6.09 Å². The molecule has 1 heterocycles. The summed E-state index contributed by atoms with van der Waals surface area (Å²) in [6.45, 7) is 6.10. The van der Waals surface area contributed by atoms with Crippen LogP contribution in [0.15, 0.2) is 47.4 Å². The maximum absolute atomic E-state index is 13.6. The number of ether oxygens (including phenoxy) is 1. The summed E-state index contributed by atoms with van der Waals surface area (Å²) >= 11 is 0. The molecule has 0 N–H and O–H groups in total. The van der Waals surface area contributed by atoms with E-state index in [1.807, 2.05) is 0 Å². The van der Waals surface area contributed by atoms with Crippen LogP contribution in [-0.2, 0) is 14.8 Å². The lowest BCUT2D eigenvalue weighted by atomic mass is 10.0. The molecule has 2 aromatic carbocycles. The van der Waals surface area contributed by atoms with Crippen LogP contribution in [0.2, 0.25) is 0 Å². The first kappa shape index (κ1) is 22.9. The molecular formula is C22H25FN2O5S. The van der Waals surface area contributed by atoms with Gasteiger partial charge in [0.2, 0.25) is 10.0 Å². The van der Waals surface area contributed by atoms with E-state index in [-0.39, 0.29) is 31.1 Å². The van der Waals surface area contributed by atoms with Gasteiger partial charge in [-0.2, -0.15) is 4.31 Å². The van der Waals surface area contributed by atoms with Gasteiger partial charge in [0, 0.05) is 31.7 Å². The Bertz CT molecular complexity index is 1070. The SMILES string of the molecule is CC(C)(C)OC(=O)N1CCN(S(=O)(=O)c2ccc(-c3cc(F)ccc3C=O)cc2)CC1. The van der Waals surface area contributed by atoms with Crippen molar-refractivity contribution < 1.29 is 27.1 Å². The Morgan fingerprint density at radius 3 is 2.19 bits per heavy atom. The quantitative estimate of drug-likeness (QED) is 0.668. The van der Waals surface area contributed by atoms with Gasteiger partial charge < -0.3 is 9.64 Å². The van der Waals surface area contributed by atoms with Crippen LogP contribution in [0, 0.1) is 5.82 Å². The second-order valence-corrected chi connectivity index (χ2v) is 10.2. The van der Waals surface area contributed by atoms with E-state index in [4.69, 9.17) is 4.74 Å². The Labute approximate surface area is 181 Å². The summed E-state index contributed by atoms with van der Waals surface area (Å²) in [7, 11) is -3.76. The van der Waals surface area contributed by atoms with Gasteiger partial charge in [-0.15, -0.1) is 0 Å². The van der Waals surface area contributed by atoms with Gasteiger partial charge in [-0.05, 0) is 62.2 Å². The lowest BCUT2D eigenvalue weighted by Crippen LogP contribution is -2.51. The van der Waals surface area contributed by atoms with Gasteiger partial charge in [-0.25, -0.2) is 17.6 Å². The van der Waals surface area contributed by atoms with Gasteiger partial charge in [0.1, 0.15) is 11.4 Å². The number of nitrogens with zero attached hydrogens (tertiary/aromatic N) is 2. The monoisotopic (exact) mass is 448 g/mol. The van der Waals surface area contributed by atoms with E-state index < -0.39 is 27.5 Å². The average Bonchev–Trinajstić information content (AvgIpc) is 2.72. The predicted octanol–water partition coefficient (Wildman–Crippen LogP) is 3.55. The molecule has 0 unspecified atom stereocenters. The zero-order valence-electron chi connectivity index (χ0n) is 17.7. The van der Waals surface area contributed by atoms with E-state index in [1.54, 1.807) is 32.9 Å². The molecule has 2 aromatic rings. The minimum Gasteiger partial charge on any atom is -0.444 e. The molecule has 0 aromatic heterocycles. The number of hydrogen-bond donors (Lipinski definition) is 0. The summed E-state index contributed by atoms with van der Waals surface area (Å²) in [4.78, 5) is 25.0. The lowest BCUT2D eigenvalue weighted by molar-refractivity contribution is 0.0192. The molecule has 1 aliphatic heterocycles. The van der Waals surface area contributed by atoms with Crippen LogP contribution in [0.4, 0.5) is 9.18 Å². The van der Waals surface area contributed by atoms with E-state index in [9.17, 15) is 22.4 Å². The highest BCUT2D eigenvalue weighted by atomic mass is 32.2. The number of hydrogen-bond acceptors (Lipinski definition) is 5. The third kappa shape index (κ3) is 5.29. The average molecular weight is 449 g/mol. The largest absolute Gasteiger partial charge is 0.444 e. The fourth-order valence-corrected chi connectivity index (χ4v) is 4.70. The number of benzene rings is 2. The normalized spacial score (nSPS) is 15.5. The van der Waals surface area contributed by atoms with Crippen LogP contribution >= 0.6 is 0 Å². The third-order valence-corrected chi connectivity index (χ3v) is 6.75. The zero-order chi connectivity index (χ0) is 22.8. The molecule has 9 heteroatoms. The third-order valence-electron chi connectivity index (χ3n) is 4.84. The lowest BCUT2D eigenvalue weighted by Gasteiger charge is -2.35. The Morgan fingerprint density at radius 1 is 1.03 bits per heavy atom. The first-order valence-electron chi connectivity index (χ1n) is 9.84. The first-order chi connectivity index (χ1) is 14.5. The Hall–Kier alpha value is -2.78. The van der Waals surface area contributed by atoms with Crippen molar-refractivity contribution >= 4 is 22.4 Å². The Balaban J connectivity index is 1.73. The maximum atomic E-state index is 13.6. The highest BCUT2D eigenvalue weighted by molar-refractivity contribution is 7.89. The van der Waals surface area contributed by atoms with Gasteiger partial charge in [0.15, 0.2) is 6.29 Å². The van der Waals surface area contributed by atoms with E-state index in [1.165, 1.54) is 39.5 Å². The number of sulfonamides is 1. The number of piperazine rings is 1. The van der Waals surface area contributed by atoms with Crippen molar-refractivity contribution in [2.45, 2.75) is 31.3 Å². The van der Waals surface area contributed by atoms with Crippen LogP contribution in [0.1, 0.15) is 31.1 Å². The minimum atomic E-state index is -3.76. The molecular weight excluding hydrogens is 423 g/mol. The topological polar surface area (TPSA) is 84.0 Å². The summed E-state index contributed by atoms with van der Waals surface area (Å²) in [5.41, 5.74) is 0.628.